The van der Waals surface area contributed by atoms with Crippen molar-refractivity contribution in [3.63, 3.8) is 0 Å². The standard InChI is InChI=1S/C14H21BrClN3/c1-18-5-6-19(2)13(10-18)9-17-8-11-3-4-12(16)7-14(11)15/h3-4,7,13,17H,5-6,8-10H2,1-2H3. The van der Waals surface area contributed by atoms with E-state index in [1.165, 1.54) is 5.56 Å². The lowest BCUT2D eigenvalue weighted by Gasteiger charge is -2.37. The Bertz CT molecular complexity index is 427. The molecule has 0 aliphatic carbocycles. The lowest BCUT2D eigenvalue weighted by Crippen LogP contribution is -2.53. The van der Waals surface area contributed by atoms with Crippen LogP contribution in [-0.4, -0.2) is 56.1 Å². The number of hydrogen-bond donors (Lipinski definition) is 1. The summed E-state index contributed by atoms with van der Waals surface area (Å²) >= 11 is 9.50. The van der Waals surface area contributed by atoms with E-state index in [9.17, 15) is 0 Å². The van der Waals surface area contributed by atoms with Crippen LogP contribution in [0.15, 0.2) is 22.7 Å². The summed E-state index contributed by atoms with van der Waals surface area (Å²) in [5, 5.41) is 4.31. The number of rotatable bonds is 4. The van der Waals surface area contributed by atoms with Gasteiger partial charge in [0.2, 0.25) is 0 Å². The van der Waals surface area contributed by atoms with Gasteiger partial charge in [-0.15, -0.1) is 0 Å². The summed E-state index contributed by atoms with van der Waals surface area (Å²) in [4.78, 5) is 4.83. The third-order valence-corrected chi connectivity index (χ3v) is 4.66. The minimum absolute atomic E-state index is 0.588. The highest BCUT2D eigenvalue weighted by Crippen LogP contribution is 2.21. The van der Waals surface area contributed by atoms with Gasteiger partial charge >= 0.3 is 0 Å². The Morgan fingerprint density at radius 3 is 2.89 bits per heavy atom. The van der Waals surface area contributed by atoms with Gasteiger partial charge in [-0.3, -0.25) is 4.90 Å². The summed E-state index contributed by atoms with van der Waals surface area (Å²) in [7, 11) is 4.40. The van der Waals surface area contributed by atoms with E-state index in [-0.39, 0.29) is 0 Å². The summed E-state index contributed by atoms with van der Waals surface area (Å²) in [5.74, 6) is 0. The van der Waals surface area contributed by atoms with Gasteiger partial charge in [0, 0.05) is 48.3 Å². The molecule has 0 aromatic heterocycles. The van der Waals surface area contributed by atoms with Gasteiger partial charge < -0.3 is 10.2 Å². The molecule has 1 aliphatic rings. The Morgan fingerprint density at radius 2 is 2.16 bits per heavy atom. The van der Waals surface area contributed by atoms with E-state index in [1.54, 1.807) is 0 Å². The van der Waals surface area contributed by atoms with Crippen LogP contribution in [0.4, 0.5) is 0 Å². The summed E-state index contributed by atoms with van der Waals surface area (Å²) in [5.41, 5.74) is 1.25. The number of piperazine rings is 1. The fourth-order valence-corrected chi connectivity index (χ4v) is 3.18. The van der Waals surface area contributed by atoms with Crippen molar-refractivity contribution in [2.24, 2.45) is 0 Å². The maximum absolute atomic E-state index is 5.95. The van der Waals surface area contributed by atoms with Gasteiger partial charge in [0.05, 0.1) is 0 Å². The van der Waals surface area contributed by atoms with E-state index >= 15 is 0 Å². The van der Waals surface area contributed by atoms with Crippen LogP contribution in [0.3, 0.4) is 0 Å². The first-order valence-electron chi connectivity index (χ1n) is 6.59. The Morgan fingerprint density at radius 1 is 1.37 bits per heavy atom. The highest BCUT2D eigenvalue weighted by molar-refractivity contribution is 9.10. The largest absolute Gasteiger partial charge is 0.311 e. The molecule has 0 amide bonds. The fraction of sp³-hybridized carbons (Fsp3) is 0.571. The van der Waals surface area contributed by atoms with Crippen molar-refractivity contribution in [1.29, 1.82) is 0 Å². The number of hydrogen-bond acceptors (Lipinski definition) is 3. The minimum Gasteiger partial charge on any atom is -0.311 e. The average Bonchev–Trinajstić information content (AvgIpc) is 2.36. The van der Waals surface area contributed by atoms with Gasteiger partial charge in [-0.1, -0.05) is 33.6 Å². The van der Waals surface area contributed by atoms with Crippen LogP contribution in [0.2, 0.25) is 5.02 Å². The van der Waals surface area contributed by atoms with Crippen molar-refractivity contribution in [1.82, 2.24) is 15.1 Å². The molecule has 1 aromatic carbocycles. The molecular weight excluding hydrogens is 326 g/mol. The van der Waals surface area contributed by atoms with Crippen LogP contribution >= 0.6 is 27.5 Å². The third-order valence-electron chi connectivity index (χ3n) is 3.69. The van der Waals surface area contributed by atoms with Crippen molar-refractivity contribution in [3.8, 4) is 0 Å². The van der Waals surface area contributed by atoms with Crippen LogP contribution in [0.25, 0.3) is 0 Å². The van der Waals surface area contributed by atoms with Crippen LogP contribution in [0.5, 0.6) is 0 Å². The van der Waals surface area contributed by atoms with Gasteiger partial charge in [0.1, 0.15) is 0 Å². The van der Waals surface area contributed by atoms with Gasteiger partial charge in [0.15, 0.2) is 0 Å². The molecule has 1 aromatic rings. The number of likely N-dealkylation sites (N-methyl/N-ethyl adjacent to an activating group) is 2. The molecule has 1 fully saturated rings. The molecule has 106 valence electrons. The van der Waals surface area contributed by atoms with Crippen molar-refractivity contribution in [2.75, 3.05) is 40.3 Å². The Labute approximate surface area is 129 Å². The van der Waals surface area contributed by atoms with E-state index in [1.807, 2.05) is 12.1 Å². The van der Waals surface area contributed by atoms with E-state index in [4.69, 9.17) is 11.6 Å². The lowest BCUT2D eigenvalue weighted by molar-refractivity contribution is 0.113. The van der Waals surface area contributed by atoms with Gasteiger partial charge in [-0.25, -0.2) is 0 Å². The zero-order valence-corrected chi connectivity index (χ0v) is 13.8. The highest BCUT2D eigenvalue weighted by Gasteiger charge is 2.21. The van der Waals surface area contributed by atoms with Crippen molar-refractivity contribution in [2.45, 2.75) is 12.6 Å². The second-order valence-electron chi connectivity index (χ2n) is 5.26. The molecule has 0 spiro atoms. The first-order chi connectivity index (χ1) is 9.06. The molecule has 1 saturated heterocycles. The fourth-order valence-electron chi connectivity index (χ4n) is 2.36. The maximum Gasteiger partial charge on any atom is 0.0417 e. The second-order valence-corrected chi connectivity index (χ2v) is 6.55. The molecule has 3 nitrogen and oxygen atoms in total. The number of halogens is 2. The van der Waals surface area contributed by atoms with E-state index in [0.29, 0.717) is 6.04 Å². The molecule has 0 bridgehead atoms. The zero-order valence-electron chi connectivity index (χ0n) is 11.5. The van der Waals surface area contributed by atoms with E-state index in [2.05, 4.69) is 51.2 Å². The molecule has 19 heavy (non-hydrogen) atoms. The molecule has 1 atom stereocenters. The van der Waals surface area contributed by atoms with Gasteiger partial charge in [-0.05, 0) is 31.8 Å². The van der Waals surface area contributed by atoms with E-state index in [0.717, 1.165) is 42.2 Å². The van der Waals surface area contributed by atoms with Crippen molar-refractivity contribution >= 4 is 27.5 Å². The van der Waals surface area contributed by atoms with Gasteiger partial charge in [0.25, 0.3) is 0 Å². The Hall–Kier alpha value is -0.130. The molecule has 1 heterocycles. The predicted molar refractivity (Wildman–Crippen MR) is 84.8 cm³/mol. The van der Waals surface area contributed by atoms with Crippen LogP contribution in [0, 0.1) is 0 Å². The molecule has 0 radical (unpaired) electrons. The first-order valence-corrected chi connectivity index (χ1v) is 7.77. The molecule has 5 heteroatoms. The molecule has 1 aliphatic heterocycles. The summed E-state index contributed by atoms with van der Waals surface area (Å²) < 4.78 is 1.07. The zero-order chi connectivity index (χ0) is 13.8. The number of nitrogens with one attached hydrogen (secondary N) is 1. The quantitative estimate of drug-likeness (QED) is 0.903. The van der Waals surface area contributed by atoms with Crippen LogP contribution < -0.4 is 5.32 Å². The minimum atomic E-state index is 0.588. The second kappa shape index (κ2) is 7.04. The summed E-state index contributed by atoms with van der Waals surface area (Å²) in [6.45, 7) is 5.32. The number of nitrogens with zero attached hydrogens (tertiary/aromatic N) is 2. The number of benzene rings is 1. The maximum atomic E-state index is 5.95. The molecular formula is C14H21BrClN3. The highest BCUT2D eigenvalue weighted by atomic mass is 79.9. The van der Waals surface area contributed by atoms with Crippen molar-refractivity contribution < 1.29 is 0 Å². The molecule has 2 rings (SSSR count). The topological polar surface area (TPSA) is 18.5 Å². The summed E-state index contributed by atoms with van der Waals surface area (Å²) in [6, 6.07) is 6.53. The van der Waals surface area contributed by atoms with Crippen molar-refractivity contribution in [3.05, 3.63) is 33.3 Å². The van der Waals surface area contributed by atoms with E-state index < -0.39 is 0 Å². The SMILES string of the molecule is CN1CCN(C)C(CNCc2ccc(Cl)cc2Br)C1. The van der Waals surface area contributed by atoms with Crippen LogP contribution in [-0.2, 0) is 6.54 Å². The first kappa shape index (κ1) is 15.3. The normalized spacial score (nSPS) is 21.8. The third kappa shape index (κ3) is 4.43. The molecule has 0 saturated carbocycles. The van der Waals surface area contributed by atoms with Crippen LogP contribution in [0.1, 0.15) is 5.56 Å². The Balaban J connectivity index is 1.82. The monoisotopic (exact) mass is 345 g/mol. The average molecular weight is 347 g/mol. The lowest BCUT2D eigenvalue weighted by atomic mass is 10.1. The van der Waals surface area contributed by atoms with Gasteiger partial charge in [-0.2, -0.15) is 0 Å². The predicted octanol–water partition coefficient (Wildman–Crippen LogP) is 2.44. The smallest absolute Gasteiger partial charge is 0.0417 e. The summed E-state index contributed by atoms with van der Waals surface area (Å²) in [6.07, 6.45) is 0. The Kier molecular flexibility index (Phi) is 5.66. The molecule has 1 N–H and O–H groups in total. The molecule has 1 unspecified atom stereocenters.